The second-order valence-corrected chi connectivity index (χ2v) is 5.19. The molecule has 1 heterocycles. The average Bonchev–Trinajstić information content (AvgIpc) is 2.47. The van der Waals surface area contributed by atoms with Gasteiger partial charge in [0.1, 0.15) is 0 Å². The molecule has 1 aromatic carbocycles. The number of hydrogen-bond donors (Lipinski definition) is 1. The number of para-hydroxylation sites is 1. The first-order valence-electron chi connectivity index (χ1n) is 7.41. The van der Waals surface area contributed by atoms with E-state index >= 15 is 0 Å². The van der Waals surface area contributed by atoms with Crippen LogP contribution in [-0.4, -0.2) is 23.5 Å². The third-order valence-electron chi connectivity index (χ3n) is 4.00. The van der Waals surface area contributed by atoms with Gasteiger partial charge in [-0.2, -0.15) is 0 Å². The molecule has 1 aromatic rings. The van der Waals surface area contributed by atoms with Gasteiger partial charge in [0.05, 0.1) is 0 Å². The van der Waals surface area contributed by atoms with Gasteiger partial charge in [0.15, 0.2) is 0 Å². The highest BCUT2D eigenvalue weighted by Gasteiger charge is 2.25. The first-order valence-corrected chi connectivity index (χ1v) is 7.41. The predicted octanol–water partition coefficient (Wildman–Crippen LogP) is 4.05. The maximum Gasteiger partial charge on any atom is 0.322 e. The summed E-state index contributed by atoms with van der Waals surface area (Å²) in [5, 5.41) is 3.08. The summed E-state index contributed by atoms with van der Waals surface area (Å²) in [5.74, 6) is 0. The third kappa shape index (κ3) is 3.28. The first kappa shape index (κ1) is 13.9. The summed E-state index contributed by atoms with van der Waals surface area (Å²) in [5.41, 5.74) is 2.15. The molecule has 0 aliphatic carbocycles. The smallest absolute Gasteiger partial charge is 0.322 e. The number of likely N-dealkylation sites (tertiary alicyclic amines) is 1. The number of anilines is 1. The Kier molecular flexibility index (Phi) is 4.83. The van der Waals surface area contributed by atoms with E-state index in [9.17, 15) is 4.79 Å². The Morgan fingerprint density at radius 1 is 1.32 bits per heavy atom. The Labute approximate surface area is 116 Å². The van der Waals surface area contributed by atoms with Crippen molar-refractivity contribution in [2.45, 2.75) is 52.0 Å². The number of carbonyl (C=O) groups excluding carboxylic acids is 1. The van der Waals surface area contributed by atoms with E-state index in [1.807, 2.05) is 23.1 Å². The van der Waals surface area contributed by atoms with Crippen molar-refractivity contribution in [1.82, 2.24) is 4.90 Å². The quantitative estimate of drug-likeness (QED) is 0.873. The maximum absolute atomic E-state index is 12.4. The van der Waals surface area contributed by atoms with Crippen molar-refractivity contribution in [3.05, 3.63) is 29.8 Å². The van der Waals surface area contributed by atoms with E-state index in [0.29, 0.717) is 6.04 Å². The minimum Gasteiger partial charge on any atom is -0.322 e. The Morgan fingerprint density at radius 3 is 2.84 bits per heavy atom. The van der Waals surface area contributed by atoms with Crippen LogP contribution in [0.1, 0.15) is 45.1 Å². The highest BCUT2D eigenvalue weighted by Crippen LogP contribution is 2.22. The van der Waals surface area contributed by atoms with Crippen LogP contribution in [0.2, 0.25) is 0 Å². The molecule has 1 saturated heterocycles. The van der Waals surface area contributed by atoms with Gasteiger partial charge in [0.25, 0.3) is 0 Å². The second-order valence-electron chi connectivity index (χ2n) is 5.19. The van der Waals surface area contributed by atoms with Gasteiger partial charge < -0.3 is 10.2 Å². The molecule has 1 atom stereocenters. The van der Waals surface area contributed by atoms with E-state index in [4.69, 9.17) is 0 Å². The van der Waals surface area contributed by atoms with Crippen LogP contribution in [0.5, 0.6) is 0 Å². The molecule has 0 bridgehead atoms. The highest BCUT2D eigenvalue weighted by molar-refractivity contribution is 5.90. The van der Waals surface area contributed by atoms with E-state index in [1.165, 1.54) is 12.0 Å². The Hall–Kier alpha value is -1.51. The molecule has 2 rings (SSSR count). The molecule has 0 spiro atoms. The molecule has 1 unspecified atom stereocenters. The molecule has 0 aromatic heterocycles. The zero-order valence-electron chi connectivity index (χ0n) is 12.0. The lowest BCUT2D eigenvalue weighted by Gasteiger charge is -2.35. The van der Waals surface area contributed by atoms with E-state index in [1.54, 1.807) is 0 Å². The molecule has 19 heavy (non-hydrogen) atoms. The number of urea groups is 1. The monoisotopic (exact) mass is 260 g/mol. The second kappa shape index (κ2) is 6.60. The van der Waals surface area contributed by atoms with Crippen LogP contribution in [0, 0.1) is 0 Å². The van der Waals surface area contributed by atoms with Gasteiger partial charge in [-0.1, -0.05) is 32.0 Å². The highest BCUT2D eigenvalue weighted by atomic mass is 16.2. The van der Waals surface area contributed by atoms with E-state index < -0.39 is 0 Å². The van der Waals surface area contributed by atoms with Gasteiger partial charge >= 0.3 is 6.03 Å². The summed E-state index contributed by atoms with van der Waals surface area (Å²) in [6.07, 6.45) is 5.49. The number of amides is 2. The molecule has 2 amide bonds. The zero-order valence-corrected chi connectivity index (χ0v) is 12.0. The van der Waals surface area contributed by atoms with Gasteiger partial charge in [0.2, 0.25) is 0 Å². The lowest BCUT2D eigenvalue weighted by atomic mass is 10.0. The van der Waals surface area contributed by atoms with Crippen LogP contribution in [-0.2, 0) is 6.42 Å². The summed E-state index contributed by atoms with van der Waals surface area (Å²) in [6, 6.07) is 8.52. The largest absolute Gasteiger partial charge is 0.322 e. The van der Waals surface area contributed by atoms with Crippen molar-refractivity contribution < 1.29 is 4.79 Å². The third-order valence-corrected chi connectivity index (χ3v) is 4.00. The summed E-state index contributed by atoms with van der Waals surface area (Å²) >= 11 is 0. The van der Waals surface area contributed by atoms with Gasteiger partial charge in [0, 0.05) is 18.3 Å². The van der Waals surface area contributed by atoms with Gasteiger partial charge in [-0.05, 0) is 43.7 Å². The number of nitrogens with zero attached hydrogens (tertiary/aromatic N) is 1. The maximum atomic E-state index is 12.4. The molecular formula is C16H24N2O. The number of carbonyl (C=O) groups is 1. The molecule has 0 radical (unpaired) electrons. The number of rotatable bonds is 3. The summed E-state index contributed by atoms with van der Waals surface area (Å²) in [7, 11) is 0. The van der Waals surface area contributed by atoms with E-state index in [-0.39, 0.29) is 6.03 Å². The van der Waals surface area contributed by atoms with Gasteiger partial charge in [-0.3, -0.25) is 0 Å². The molecule has 104 valence electrons. The Bertz CT molecular complexity index is 431. The molecule has 1 N–H and O–H groups in total. The lowest BCUT2D eigenvalue weighted by Crippen LogP contribution is -2.45. The normalized spacial score (nSPS) is 19.3. The number of aryl methyl sites for hydroxylation is 1. The molecule has 1 aliphatic rings. The number of nitrogens with one attached hydrogen (secondary N) is 1. The summed E-state index contributed by atoms with van der Waals surface area (Å²) in [6.45, 7) is 5.16. The number of hydrogen-bond acceptors (Lipinski definition) is 1. The Balaban J connectivity index is 2.07. The molecule has 3 heteroatoms. The zero-order chi connectivity index (χ0) is 13.7. The topological polar surface area (TPSA) is 32.3 Å². The van der Waals surface area contributed by atoms with Crippen molar-refractivity contribution in [1.29, 1.82) is 0 Å². The minimum absolute atomic E-state index is 0.0625. The average molecular weight is 260 g/mol. The fourth-order valence-electron chi connectivity index (χ4n) is 2.83. The van der Waals surface area contributed by atoms with Crippen LogP contribution in [0.4, 0.5) is 10.5 Å². The van der Waals surface area contributed by atoms with Crippen LogP contribution >= 0.6 is 0 Å². The minimum atomic E-state index is 0.0625. The SMILES string of the molecule is CCc1ccccc1NC(=O)N1CCCCC1CC. The van der Waals surface area contributed by atoms with Gasteiger partial charge in [-0.15, -0.1) is 0 Å². The fourth-order valence-corrected chi connectivity index (χ4v) is 2.83. The molecule has 1 fully saturated rings. The van der Waals surface area contributed by atoms with E-state index in [2.05, 4.69) is 25.2 Å². The van der Waals surface area contributed by atoms with E-state index in [0.717, 1.165) is 37.9 Å². The molecule has 0 saturated carbocycles. The van der Waals surface area contributed by atoms with Crippen LogP contribution < -0.4 is 5.32 Å². The van der Waals surface area contributed by atoms with Crippen molar-refractivity contribution in [3.8, 4) is 0 Å². The lowest BCUT2D eigenvalue weighted by molar-refractivity contribution is 0.160. The van der Waals surface area contributed by atoms with Crippen molar-refractivity contribution in [2.75, 3.05) is 11.9 Å². The molecule has 3 nitrogen and oxygen atoms in total. The van der Waals surface area contributed by atoms with Crippen LogP contribution in [0.15, 0.2) is 24.3 Å². The predicted molar refractivity (Wildman–Crippen MR) is 79.5 cm³/mol. The van der Waals surface area contributed by atoms with Crippen LogP contribution in [0.3, 0.4) is 0 Å². The van der Waals surface area contributed by atoms with Crippen molar-refractivity contribution in [3.63, 3.8) is 0 Å². The van der Waals surface area contributed by atoms with Crippen LogP contribution in [0.25, 0.3) is 0 Å². The molecular weight excluding hydrogens is 236 g/mol. The van der Waals surface area contributed by atoms with Crippen molar-refractivity contribution in [2.24, 2.45) is 0 Å². The number of benzene rings is 1. The van der Waals surface area contributed by atoms with Gasteiger partial charge in [-0.25, -0.2) is 4.79 Å². The number of piperidine rings is 1. The summed E-state index contributed by atoms with van der Waals surface area (Å²) < 4.78 is 0. The standard InChI is InChI=1S/C16H24N2O/c1-3-13-9-5-6-11-15(13)17-16(19)18-12-8-7-10-14(18)4-2/h5-6,9,11,14H,3-4,7-8,10,12H2,1-2H3,(H,17,19). The first-order chi connectivity index (χ1) is 9.26. The van der Waals surface area contributed by atoms with Crippen molar-refractivity contribution >= 4 is 11.7 Å². The molecule has 1 aliphatic heterocycles. The fraction of sp³-hybridized carbons (Fsp3) is 0.562. The Morgan fingerprint density at radius 2 is 2.11 bits per heavy atom. The summed E-state index contributed by atoms with van der Waals surface area (Å²) in [4.78, 5) is 14.4.